The lowest BCUT2D eigenvalue weighted by molar-refractivity contribution is -0.147. The number of allylic oxidation sites excluding steroid dienone is 2. The minimum Gasteiger partial charge on any atom is -0.460 e. The Kier molecular flexibility index (Phi) is 4.70. The molecule has 2 nitrogen and oxygen atoms in total. The summed E-state index contributed by atoms with van der Waals surface area (Å²) < 4.78 is 83.7. The van der Waals surface area contributed by atoms with Gasteiger partial charge in [-0.3, -0.25) is 4.79 Å². The fraction of sp³-hybridized carbons (Fsp3) is 0.438. The Balaban J connectivity index is 2.16. The third-order valence-corrected chi connectivity index (χ3v) is 4.23. The molecule has 1 aromatic rings. The summed E-state index contributed by atoms with van der Waals surface area (Å²) in [7, 11) is 0. The molecule has 0 aromatic heterocycles. The lowest BCUT2D eigenvalue weighted by Crippen LogP contribution is -2.14. The van der Waals surface area contributed by atoms with Gasteiger partial charge >= 0.3 is 5.97 Å². The van der Waals surface area contributed by atoms with Crippen molar-refractivity contribution in [3.63, 3.8) is 0 Å². The van der Waals surface area contributed by atoms with Crippen molar-refractivity contribution in [1.82, 2.24) is 0 Å². The zero-order chi connectivity index (χ0) is 18.4. The first-order valence-electron chi connectivity index (χ1n) is 7.01. The SMILES string of the molecule is C/C(F)=C\[C@@H]1[C@@H](C(=O)OCc2c(F)c(F)c(F)c(F)c2F)C1(C)C. The summed E-state index contributed by atoms with van der Waals surface area (Å²) in [5, 5.41) is 0. The molecule has 2 atom stereocenters. The van der Waals surface area contributed by atoms with Crippen molar-refractivity contribution in [3.05, 3.63) is 46.6 Å². The van der Waals surface area contributed by atoms with Crippen molar-refractivity contribution in [1.29, 1.82) is 0 Å². The van der Waals surface area contributed by atoms with Crippen LogP contribution in [0.2, 0.25) is 0 Å². The highest BCUT2D eigenvalue weighted by molar-refractivity contribution is 5.78. The maximum Gasteiger partial charge on any atom is 0.310 e. The Morgan fingerprint density at radius 3 is 1.96 bits per heavy atom. The number of hydrogen-bond acceptors (Lipinski definition) is 2. The van der Waals surface area contributed by atoms with Gasteiger partial charge in [0.15, 0.2) is 23.3 Å². The quantitative estimate of drug-likeness (QED) is 0.343. The third kappa shape index (κ3) is 3.01. The molecule has 1 aromatic carbocycles. The van der Waals surface area contributed by atoms with Crippen LogP contribution in [-0.2, 0) is 16.1 Å². The Bertz CT molecular complexity index is 693. The van der Waals surface area contributed by atoms with Gasteiger partial charge in [-0.15, -0.1) is 0 Å². The second-order valence-electron chi connectivity index (χ2n) is 6.23. The van der Waals surface area contributed by atoms with E-state index in [-0.39, 0.29) is 0 Å². The number of hydrogen-bond donors (Lipinski definition) is 0. The minimum absolute atomic E-state index is 0.466. The van der Waals surface area contributed by atoms with Crippen LogP contribution in [0.4, 0.5) is 26.3 Å². The zero-order valence-electron chi connectivity index (χ0n) is 13.0. The fourth-order valence-electron chi connectivity index (χ4n) is 2.70. The molecule has 0 aliphatic heterocycles. The molecule has 1 aliphatic rings. The fourth-order valence-corrected chi connectivity index (χ4v) is 2.70. The Hall–Kier alpha value is -1.99. The zero-order valence-corrected chi connectivity index (χ0v) is 13.0. The second kappa shape index (κ2) is 6.14. The molecule has 0 amide bonds. The van der Waals surface area contributed by atoms with Crippen molar-refractivity contribution >= 4 is 5.97 Å². The minimum atomic E-state index is -2.29. The van der Waals surface area contributed by atoms with E-state index in [4.69, 9.17) is 0 Å². The molecule has 0 unspecified atom stereocenters. The van der Waals surface area contributed by atoms with E-state index in [0.29, 0.717) is 0 Å². The number of benzene rings is 1. The number of rotatable bonds is 4. The average molecular weight is 352 g/mol. The smallest absolute Gasteiger partial charge is 0.310 e. The molecule has 0 bridgehead atoms. The van der Waals surface area contributed by atoms with Crippen molar-refractivity contribution < 1.29 is 35.9 Å². The van der Waals surface area contributed by atoms with Gasteiger partial charge in [0.25, 0.3) is 0 Å². The molecule has 1 fully saturated rings. The monoisotopic (exact) mass is 352 g/mol. The van der Waals surface area contributed by atoms with E-state index in [1.807, 2.05) is 0 Å². The predicted molar refractivity (Wildman–Crippen MR) is 71.7 cm³/mol. The summed E-state index contributed by atoms with van der Waals surface area (Å²) in [4.78, 5) is 12.0. The van der Waals surface area contributed by atoms with Crippen LogP contribution in [0.5, 0.6) is 0 Å². The summed E-state index contributed by atoms with van der Waals surface area (Å²) in [5.74, 6) is -13.2. The van der Waals surface area contributed by atoms with Crippen LogP contribution in [-0.4, -0.2) is 5.97 Å². The third-order valence-electron chi connectivity index (χ3n) is 4.23. The molecule has 0 saturated heterocycles. The van der Waals surface area contributed by atoms with E-state index in [2.05, 4.69) is 4.74 Å². The van der Waals surface area contributed by atoms with Crippen LogP contribution in [0.15, 0.2) is 11.9 Å². The summed E-state index contributed by atoms with van der Waals surface area (Å²) in [6, 6.07) is 0. The summed E-state index contributed by atoms with van der Waals surface area (Å²) >= 11 is 0. The highest BCUT2D eigenvalue weighted by Gasteiger charge is 2.61. The molecule has 0 N–H and O–H groups in total. The van der Waals surface area contributed by atoms with E-state index in [1.165, 1.54) is 13.0 Å². The first-order valence-corrected chi connectivity index (χ1v) is 7.01. The van der Waals surface area contributed by atoms with E-state index in [1.54, 1.807) is 13.8 Å². The molecule has 132 valence electrons. The largest absolute Gasteiger partial charge is 0.460 e. The Morgan fingerprint density at radius 2 is 1.50 bits per heavy atom. The summed E-state index contributed by atoms with van der Waals surface area (Å²) in [6.07, 6.45) is 1.23. The van der Waals surface area contributed by atoms with E-state index in [9.17, 15) is 31.1 Å². The van der Waals surface area contributed by atoms with E-state index >= 15 is 0 Å². The highest BCUT2D eigenvalue weighted by atomic mass is 19.2. The number of carbonyl (C=O) groups excluding carboxylic acids is 1. The first-order chi connectivity index (χ1) is 11.0. The van der Waals surface area contributed by atoms with Crippen molar-refractivity contribution in [2.45, 2.75) is 27.4 Å². The molecule has 1 aliphatic carbocycles. The predicted octanol–water partition coefficient (Wildman–Crippen LogP) is 4.57. The van der Waals surface area contributed by atoms with E-state index in [0.717, 1.165) is 0 Å². The molecule has 1 saturated carbocycles. The van der Waals surface area contributed by atoms with Gasteiger partial charge in [0.05, 0.1) is 17.3 Å². The molecule has 0 heterocycles. The standard InChI is InChI=1S/C16H14F6O2/c1-6(17)4-8-9(16(8,2)3)15(23)24-5-7-10(18)12(20)14(22)13(21)11(7)19/h4,8-9H,5H2,1-3H3/b6-4+/t8-,9+/m1/s1. The Morgan fingerprint density at radius 1 is 1.04 bits per heavy atom. The van der Waals surface area contributed by atoms with Crippen LogP contribution in [0.25, 0.3) is 0 Å². The number of halogens is 6. The van der Waals surface area contributed by atoms with Gasteiger partial charge in [-0.25, -0.2) is 26.3 Å². The number of carbonyl (C=O) groups is 1. The van der Waals surface area contributed by atoms with Crippen molar-refractivity contribution in [3.8, 4) is 0 Å². The van der Waals surface area contributed by atoms with Gasteiger partial charge in [0, 0.05) is 0 Å². The second-order valence-corrected chi connectivity index (χ2v) is 6.23. The maximum atomic E-state index is 13.5. The van der Waals surface area contributed by atoms with Crippen molar-refractivity contribution in [2.24, 2.45) is 17.3 Å². The molecule has 2 rings (SSSR count). The van der Waals surface area contributed by atoms with Gasteiger partial charge in [-0.1, -0.05) is 13.8 Å². The molecular weight excluding hydrogens is 338 g/mol. The lowest BCUT2D eigenvalue weighted by Gasteiger charge is -2.09. The van der Waals surface area contributed by atoms with Crippen LogP contribution in [0.3, 0.4) is 0 Å². The summed E-state index contributed by atoms with van der Waals surface area (Å²) in [6.45, 7) is 3.43. The molecule has 0 radical (unpaired) electrons. The van der Waals surface area contributed by atoms with Gasteiger partial charge < -0.3 is 4.74 Å². The average Bonchev–Trinajstić information content (AvgIpc) is 3.02. The first kappa shape index (κ1) is 18.4. The molecular formula is C16H14F6O2. The van der Waals surface area contributed by atoms with E-state index < -0.39 is 70.3 Å². The summed E-state index contributed by atoms with van der Waals surface area (Å²) in [5.41, 5.74) is -1.85. The number of ether oxygens (including phenoxy) is 1. The molecule has 0 spiro atoms. The van der Waals surface area contributed by atoms with Crippen LogP contribution in [0, 0.1) is 46.3 Å². The van der Waals surface area contributed by atoms with Crippen LogP contribution < -0.4 is 0 Å². The van der Waals surface area contributed by atoms with Crippen LogP contribution in [0.1, 0.15) is 26.3 Å². The van der Waals surface area contributed by atoms with Gasteiger partial charge in [-0.05, 0) is 24.3 Å². The van der Waals surface area contributed by atoms with Gasteiger partial charge in [0.1, 0.15) is 6.61 Å². The van der Waals surface area contributed by atoms with Gasteiger partial charge in [0.2, 0.25) is 5.82 Å². The normalized spacial score (nSPS) is 22.5. The lowest BCUT2D eigenvalue weighted by atomic mass is 10.1. The molecule has 24 heavy (non-hydrogen) atoms. The number of esters is 1. The highest BCUT2D eigenvalue weighted by Crippen LogP contribution is 2.59. The molecule has 8 heteroatoms. The van der Waals surface area contributed by atoms with Crippen LogP contribution >= 0.6 is 0 Å². The van der Waals surface area contributed by atoms with Crippen molar-refractivity contribution in [2.75, 3.05) is 0 Å². The maximum absolute atomic E-state index is 13.5. The van der Waals surface area contributed by atoms with Gasteiger partial charge in [-0.2, -0.15) is 0 Å². The Labute approximate surface area is 134 Å². The topological polar surface area (TPSA) is 26.3 Å².